The number of benzene rings is 2. The third-order valence-corrected chi connectivity index (χ3v) is 5.08. The standard InChI is InChI=1S/C23H26N2O2/c1-24-22(26)20-14-8-9-15-21(20)23(27)25(16-18-10-4-2-5-11-18)17-19-12-6-3-7-13-19/h2-13,20-21H,14-17H2,1H3,(H,24,26). The highest BCUT2D eigenvalue weighted by Gasteiger charge is 2.36. The van der Waals surface area contributed by atoms with Crippen molar-refractivity contribution in [3.63, 3.8) is 0 Å². The van der Waals surface area contributed by atoms with Crippen molar-refractivity contribution in [1.29, 1.82) is 0 Å². The first-order chi connectivity index (χ1) is 13.2. The summed E-state index contributed by atoms with van der Waals surface area (Å²) < 4.78 is 0. The fourth-order valence-electron chi connectivity index (χ4n) is 3.62. The van der Waals surface area contributed by atoms with Gasteiger partial charge in [0.15, 0.2) is 0 Å². The van der Waals surface area contributed by atoms with E-state index in [1.165, 1.54) is 0 Å². The van der Waals surface area contributed by atoms with Crippen LogP contribution in [0.5, 0.6) is 0 Å². The van der Waals surface area contributed by atoms with Gasteiger partial charge in [-0.1, -0.05) is 72.8 Å². The molecule has 0 spiro atoms. The van der Waals surface area contributed by atoms with Gasteiger partial charge >= 0.3 is 0 Å². The normalized spacial score (nSPS) is 18.7. The van der Waals surface area contributed by atoms with Crippen molar-refractivity contribution in [3.8, 4) is 0 Å². The number of allylic oxidation sites excluding steroid dienone is 2. The summed E-state index contributed by atoms with van der Waals surface area (Å²) in [6.45, 7) is 1.07. The van der Waals surface area contributed by atoms with Crippen LogP contribution in [0.4, 0.5) is 0 Å². The molecule has 2 atom stereocenters. The van der Waals surface area contributed by atoms with Gasteiger partial charge in [0, 0.05) is 20.1 Å². The van der Waals surface area contributed by atoms with E-state index in [0.29, 0.717) is 25.9 Å². The molecule has 1 aliphatic rings. The number of nitrogens with one attached hydrogen (secondary N) is 1. The first-order valence-corrected chi connectivity index (χ1v) is 9.42. The highest BCUT2D eigenvalue weighted by Crippen LogP contribution is 2.29. The van der Waals surface area contributed by atoms with Gasteiger partial charge in [-0.25, -0.2) is 0 Å². The maximum atomic E-state index is 13.4. The molecule has 0 saturated heterocycles. The van der Waals surface area contributed by atoms with E-state index in [0.717, 1.165) is 11.1 Å². The lowest BCUT2D eigenvalue weighted by molar-refractivity contribution is -0.143. The van der Waals surface area contributed by atoms with E-state index in [1.54, 1.807) is 7.05 Å². The van der Waals surface area contributed by atoms with E-state index in [4.69, 9.17) is 0 Å². The first-order valence-electron chi connectivity index (χ1n) is 9.42. The second-order valence-corrected chi connectivity index (χ2v) is 6.94. The van der Waals surface area contributed by atoms with E-state index in [2.05, 4.69) is 5.32 Å². The molecule has 4 nitrogen and oxygen atoms in total. The summed E-state index contributed by atoms with van der Waals surface area (Å²) in [6, 6.07) is 20.0. The van der Waals surface area contributed by atoms with Crippen molar-refractivity contribution < 1.29 is 9.59 Å². The second-order valence-electron chi connectivity index (χ2n) is 6.94. The average molecular weight is 362 g/mol. The fraction of sp³-hybridized carbons (Fsp3) is 0.304. The summed E-state index contributed by atoms with van der Waals surface area (Å²) in [5, 5.41) is 2.71. The molecule has 0 heterocycles. The lowest BCUT2D eigenvalue weighted by atomic mass is 9.81. The molecule has 0 bridgehead atoms. The molecule has 0 radical (unpaired) electrons. The highest BCUT2D eigenvalue weighted by atomic mass is 16.2. The summed E-state index contributed by atoms with van der Waals surface area (Å²) in [5.41, 5.74) is 2.18. The minimum absolute atomic E-state index is 0.0423. The van der Waals surface area contributed by atoms with Crippen LogP contribution in [-0.2, 0) is 22.7 Å². The molecule has 1 N–H and O–H groups in total. The van der Waals surface area contributed by atoms with Gasteiger partial charge in [-0.05, 0) is 24.0 Å². The molecule has 3 rings (SSSR count). The van der Waals surface area contributed by atoms with Gasteiger partial charge in [0.05, 0.1) is 11.8 Å². The van der Waals surface area contributed by atoms with Gasteiger partial charge < -0.3 is 10.2 Å². The minimum atomic E-state index is -0.317. The fourth-order valence-corrected chi connectivity index (χ4v) is 3.62. The number of nitrogens with zero attached hydrogens (tertiary/aromatic N) is 1. The number of hydrogen-bond donors (Lipinski definition) is 1. The van der Waals surface area contributed by atoms with E-state index < -0.39 is 0 Å². The van der Waals surface area contributed by atoms with Crippen LogP contribution >= 0.6 is 0 Å². The molecule has 27 heavy (non-hydrogen) atoms. The summed E-state index contributed by atoms with van der Waals surface area (Å²) in [7, 11) is 1.63. The molecule has 4 heteroatoms. The van der Waals surface area contributed by atoms with Crippen LogP contribution in [-0.4, -0.2) is 23.8 Å². The number of amides is 2. The monoisotopic (exact) mass is 362 g/mol. The zero-order valence-corrected chi connectivity index (χ0v) is 15.7. The van der Waals surface area contributed by atoms with Crippen LogP contribution in [0.1, 0.15) is 24.0 Å². The van der Waals surface area contributed by atoms with Crippen molar-refractivity contribution in [2.24, 2.45) is 11.8 Å². The molecule has 2 aromatic rings. The molecular weight excluding hydrogens is 336 g/mol. The molecule has 1 aliphatic carbocycles. The first kappa shape index (κ1) is 18.9. The molecule has 2 unspecified atom stereocenters. The Morgan fingerprint density at radius 2 is 1.33 bits per heavy atom. The SMILES string of the molecule is CNC(=O)C1CC=CCC1C(=O)N(Cc1ccccc1)Cc1ccccc1. The topological polar surface area (TPSA) is 49.4 Å². The van der Waals surface area contributed by atoms with E-state index in [-0.39, 0.29) is 23.7 Å². The maximum Gasteiger partial charge on any atom is 0.227 e. The van der Waals surface area contributed by atoms with Gasteiger partial charge in [0.1, 0.15) is 0 Å². The lowest BCUT2D eigenvalue weighted by Gasteiger charge is -2.32. The predicted octanol–water partition coefficient (Wildman–Crippen LogP) is 3.54. The highest BCUT2D eigenvalue weighted by molar-refractivity contribution is 5.88. The average Bonchev–Trinajstić information content (AvgIpc) is 2.73. The van der Waals surface area contributed by atoms with Gasteiger partial charge in [0.2, 0.25) is 11.8 Å². The third-order valence-electron chi connectivity index (χ3n) is 5.08. The van der Waals surface area contributed by atoms with E-state index in [9.17, 15) is 9.59 Å². The molecule has 2 amide bonds. The van der Waals surface area contributed by atoms with Gasteiger partial charge in [0.25, 0.3) is 0 Å². The summed E-state index contributed by atoms with van der Waals surface area (Å²) in [4.78, 5) is 27.6. The molecular formula is C23H26N2O2. The Morgan fingerprint density at radius 3 is 1.81 bits per heavy atom. The van der Waals surface area contributed by atoms with Crippen LogP contribution in [0.3, 0.4) is 0 Å². The molecule has 0 aliphatic heterocycles. The van der Waals surface area contributed by atoms with Gasteiger partial charge in [-0.3, -0.25) is 9.59 Å². The van der Waals surface area contributed by atoms with Crippen LogP contribution in [0.25, 0.3) is 0 Å². The van der Waals surface area contributed by atoms with Crippen LogP contribution in [0, 0.1) is 11.8 Å². The van der Waals surface area contributed by atoms with Crippen molar-refractivity contribution in [3.05, 3.63) is 83.9 Å². The summed E-state index contributed by atoms with van der Waals surface area (Å²) in [5.74, 6) is -0.637. The quantitative estimate of drug-likeness (QED) is 0.799. The molecule has 140 valence electrons. The van der Waals surface area contributed by atoms with Gasteiger partial charge in [-0.15, -0.1) is 0 Å². The van der Waals surface area contributed by atoms with Gasteiger partial charge in [-0.2, -0.15) is 0 Å². The second kappa shape index (κ2) is 9.17. The Morgan fingerprint density at radius 1 is 0.852 bits per heavy atom. The Balaban J connectivity index is 1.85. The number of rotatable bonds is 6. The number of hydrogen-bond acceptors (Lipinski definition) is 2. The predicted molar refractivity (Wildman–Crippen MR) is 107 cm³/mol. The van der Waals surface area contributed by atoms with Crippen LogP contribution in [0.2, 0.25) is 0 Å². The Bertz CT molecular complexity index is 745. The summed E-state index contributed by atoms with van der Waals surface area (Å²) >= 11 is 0. The van der Waals surface area contributed by atoms with Crippen LogP contribution in [0.15, 0.2) is 72.8 Å². The van der Waals surface area contributed by atoms with Crippen molar-refractivity contribution in [2.45, 2.75) is 25.9 Å². The maximum absolute atomic E-state index is 13.4. The molecule has 0 fully saturated rings. The van der Waals surface area contributed by atoms with Crippen molar-refractivity contribution in [2.75, 3.05) is 7.05 Å². The zero-order chi connectivity index (χ0) is 19.1. The Labute approximate surface area is 160 Å². The Kier molecular flexibility index (Phi) is 6.42. The smallest absolute Gasteiger partial charge is 0.227 e. The zero-order valence-electron chi connectivity index (χ0n) is 15.7. The minimum Gasteiger partial charge on any atom is -0.359 e. The number of carbonyl (C=O) groups excluding carboxylic acids is 2. The van der Waals surface area contributed by atoms with E-state index >= 15 is 0 Å². The third kappa shape index (κ3) is 4.85. The largest absolute Gasteiger partial charge is 0.359 e. The van der Waals surface area contributed by atoms with Crippen molar-refractivity contribution in [1.82, 2.24) is 10.2 Å². The lowest BCUT2D eigenvalue weighted by Crippen LogP contribution is -2.43. The molecule has 2 aromatic carbocycles. The number of carbonyl (C=O) groups is 2. The molecule has 0 aromatic heterocycles. The summed E-state index contributed by atoms with van der Waals surface area (Å²) in [6.07, 6.45) is 5.24. The Hall–Kier alpha value is -2.88. The molecule has 0 saturated carbocycles. The van der Waals surface area contributed by atoms with E-state index in [1.807, 2.05) is 77.7 Å². The van der Waals surface area contributed by atoms with Crippen LogP contribution < -0.4 is 5.32 Å². The van der Waals surface area contributed by atoms with Crippen molar-refractivity contribution >= 4 is 11.8 Å².